The van der Waals surface area contributed by atoms with E-state index in [2.05, 4.69) is 50.5 Å². The molecule has 0 atom stereocenters. The molecule has 180 valence electrons. The van der Waals surface area contributed by atoms with Gasteiger partial charge in [0, 0.05) is 18.0 Å². The van der Waals surface area contributed by atoms with Gasteiger partial charge in [-0.15, -0.1) is 0 Å². The van der Waals surface area contributed by atoms with Gasteiger partial charge < -0.3 is 0 Å². The maximum Gasteiger partial charge on any atom is 0.159 e. The van der Waals surface area contributed by atoms with Crippen LogP contribution in [0.4, 0.5) is 0 Å². The van der Waals surface area contributed by atoms with Crippen molar-refractivity contribution in [2.45, 2.75) is 122 Å². The molecular weight excluding hydrogens is 400 g/mol. The van der Waals surface area contributed by atoms with Crippen LogP contribution in [0.15, 0.2) is 36.7 Å². The number of hydrogen-bond donors (Lipinski definition) is 0. The lowest BCUT2D eigenvalue weighted by Crippen LogP contribution is -2.14. The number of unbranched alkanes of at least 4 members (excludes halogenated alkanes) is 3. The molecule has 2 aromatic rings. The molecule has 2 saturated carbocycles. The second-order valence-electron chi connectivity index (χ2n) is 11.0. The number of nitrogens with zero attached hydrogens (tertiary/aromatic N) is 2. The van der Waals surface area contributed by atoms with Crippen LogP contribution in [-0.2, 0) is 0 Å². The molecule has 2 heteroatoms. The molecule has 0 spiro atoms. The molecular formula is C31H46N2. The summed E-state index contributed by atoms with van der Waals surface area (Å²) < 4.78 is 0. The van der Waals surface area contributed by atoms with Gasteiger partial charge in [-0.25, -0.2) is 9.97 Å². The molecule has 2 fully saturated rings. The number of benzene rings is 1. The van der Waals surface area contributed by atoms with Crippen molar-refractivity contribution in [3.8, 4) is 11.4 Å². The van der Waals surface area contributed by atoms with E-state index in [0.717, 1.165) is 29.1 Å². The molecule has 0 unspecified atom stereocenters. The van der Waals surface area contributed by atoms with Crippen molar-refractivity contribution >= 4 is 0 Å². The minimum absolute atomic E-state index is 0.663. The summed E-state index contributed by atoms with van der Waals surface area (Å²) in [4.78, 5) is 9.54. The van der Waals surface area contributed by atoms with E-state index in [1.54, 1.807) is 0 Å². The highest BCUT2D eigenvalue weighted by Crippen LogP contribution is 2.39. The SMILES string of the molecule is CCCCC[C@H]1CC[C@H](c2ccc(-c3ncc([C@H]4CC[C@H](CCCC)CC4)cn3)cc2)CC1. The fraction of sp³-hybridized carbons (Fsp3) is 0.677. The van der Waals surface area contributed by atoms with Gasteiger partial charge in [-0.2, -0.15) is 0 Å². The molecule has 1 aromatic carbocycles. The fourth-order valence-electron chi connectivity index (χ4n) is 6.35. The number of aromatic nitrogens is 2. The van der Waals surface area contributed by atoms with E-state index in [4.69, 9.17) is 9.97 Å². The summed E-state index contributed by atoms with van der Waals surface area (Å²) in [5.74, 6) is 4.22. The topological polar surface area (TPSA) is 25.8 Å². The molecule has 1 heterocycles. The number of hydrogen-bond acceptors (Lipinski definition) is 2. The maximum atomic E-state index is 4.77. The van der Waals surface area contributed by atoms with E-state index in [0.29, 0.717) is 5.92 Å². The van der Waals surface area contributed by atoms with Crippen LogP contribution in [0.2, 0.25) is 0 Å². The van der Waals surface area contributed by atoms with Crippen molar-refractivity contribution in [1.29, 1.82) is 0 Å². The van der Waals surface area contributed by atoms with Crippen molar-refractivity contribution in [3.05, 3.63) is 47.8 Å². The zero-order valence-corrected chi connectivity index (χ0v) is 21.3. The Kier molecular flexibility index (Phi) is 9.38. The van der Waals surface area contributed by atoms with E-state index in [1.807, 2.05) is 0 Å². The molecule has 0 radical (unpaired) electrons. The van der Waals surface area contributed by atoms with Crippen LogP contribution in [0.3, 0.4) is 0 Å². The predicted octanol–water partition coefficient (Wildman–Crippen LogP) is 9.46. The summed E-state index contributed by atoms with van der Waals surface area (Å²) in [5.41, 5.74) is 4.02. The largest absolute Gasteiger partial charge is 0.236 e. The highest BCUT2D eigenvalue weighted by atomic mass is 14.9. The van der Waals surface area contributed by atoms with Gasteiger partial charge in [0.1, 0.15) is 0 Å². The van der Waals surface area contributed by atoms with Crippen molar-refractivity contribution in [1.82, 2.24) is 9.97 Å². The van der Waals surface area contributed by atoms with E-state index >= 15 is 0 Å². The lowest BCUT2D eigenvalue weighted by molar-refractivity contribution is 0.303. The van der Waals surface area contributed by atoms with Crippen LogP contribution in [-0.4, -0.2) is 9.97 Å². The summed E-state index contributed by atoms with van der Waals surface area (Å²) in [6.07, 6.45) is 24.9. The molecule has 33 heavy (non-hydrogen) atoms. The van der Waals surface area contributed by atoms with Crippen LogP contribution in [0.1, 0.15) is 133 Å². The highest BCUT2D eigenvalue weighted by molar-refractivity contribution is 5.55. The first-order valence-corrected chi connectivity index (χ1v) is 14.2. The third-order valence-electron chi connectivity index (χ3n) is 8.66. The Bertz CT molecular complexity index is 794. The smallest absolute Gasteiger partial charge is 0.159 e. The van der Waals surface area contributed by atoms with E-state index < -0.39 is 0 Å². The standard InChI is InChI=1S/C31H46N2/c1-3-5-7-9-25-10-14-26(15-11-25)27-18-20-29(21-19-27)31-32-22-30(23-33-31)28-16-12-24(13-17-28)8-6-4-2/h18-26,28H,3-17H2,1-2H3/t24-,25-,26-,28-. The Labute approximate surface area is 203 Å². The van der Waals surface area contributed by atoms with Crippen molar-refractivity contribution in [2.75, 3.05) is 0 Å². The first-order chi connectivity index (χ1) is 16.3. The fourth-order valence-corrected chi connectivity index (χ4v) is 6.35. The zero-order chi connectivity index (χ0) is 22.9. The molecule has 0 N–H and O–H groups in total. The van der Waals surface area contributed by atoms with E-state index in [-0.39, 0.29) is 0 Å². The normalized spacial score (nSPS) is 25.8. The zero-order valence-electron chi connectivity index (χ0n) is 21.3. The summed E-state index contributed by atoms with van der Waals surface area (Å²) in [6, 6.07) is 9.17. The van der Waals surface area contributed by atoms with Crippen LogP contribution in [0.25, 0.3) is 11.4 Å². The molecule has 0 amide bonds. The summed E-state index contributed by atoms with van der Waals surface area (Å²) in [7, 11) is 0. The van der Waals surface area contributed by atoms with Crippen LogP contribution in [0.5, 0.6) is 0 Å². The van der Waals surface area contributed by atoms with Gasteiger partial charge in [-0.05, 0) is 86.2 Å². The summed E-state index contributed by atoms with van der Waals surface area (Å²) >= 11 is 0. The average molecular weight is 447 g/mol. The number of rotatable bonds is 10. The highest BCUT2D eigenvalue weighted by Gasteiger charge is 2.23. The maximum absolute atomic E-state index is 4.77. The van der Waals surface area contributed by atoms with Gasteiger partial charge in [0.05, 0.1) is 0 Å². The quantitative estimate of drug-likeness (QED) is 0.340. The summed E-state index contributed by atoms with van der Waals surface area (Å²) in [5, 5.41) is 0. The first-order valence-electron chi connectivity index (χ1n) is 14.2. The van der Waals surface area contributed by atoms with E-state index in [1.165, 1.54) is 107 Å². The van der Waals surface area contributed by atoms with Crippen LogP contribution in [0, 0.1) is 11.8 Å². The molecule has 0 aliphatic heterocycles. The molecule has 2 aliphatic rings. The van der Waals surface area contributed by atoms with Crippen LogP contribution >= 0.6 is 0 Å². The van der Waals surface area contributed by atoms with Gasteiger partial charge in [-0.3, -0.25) is 0 Å². The van der Waals surface area contributed by atoms with Crippen molar-refractivity contribution < 1.29 is 0 Å². The third kappa shape index (κ3) is 6.90. The van der Waals surface area contributed by atoms with Gasteiger partial charge in [0.25, 0.3) is 0 Å². The Balaban J connectivity index is 1.27. The average Bonchev–Trinajstić information content (AvgIpc) is 2.89. The van der Waals surface area contributed by atoms with Crippen molar-refractivity contribution in [3.63, 3.8) is 0 Å². The second kappa shape index (κ2) is 12.7. The second-order valence-corrected chi connectivity index (χ2v) is 11.0. The minimum Gasteiger partial charge on any atom is -0.236 e. The lowest BCUT2D eigenvalue weighted by atomic mass is 9.77. The van der Waals surface area contributed by atoms with Gasteiger partial charge in [0.2, 0.25) is 0 Å². The van der Waals surface area contributed by atoms with Crippen LogP contribution < -0.4 is 0 Å². The summed E-state index contributed by atoms with van der Waals surface area (Å²) in [6.45, 7) is 4.61. The predicted molar refractivity (Wildman–Crippen MR) is 141 cm³/mol. The Morgan fingerprint density at radius 2 is 1.12 bits per heavy atom. The van der Waals surface area contributed by atoms with E-state index in [9.17, 15) is 0 Å². The molecule has 4 rings (SSSR count). The molecule has 1 aromatic heterocycles. The molecule has 0 bridgehead atoms. The monoisotopic (exact) mass is 446 g/mol. The third-order valence-corrected chi connectivity index (χ3v) is 8.66. The Hall–Kier alpha value is -1.70. The Morgan fingerprint density at radius 3 is 1.67 bits per heavy atom. The minimum atomic E-state index is 0.663. The van der Waals surface area contributed by atoms with Crippen molar-refractivity contribution in [2.24, 2.45) is 11.8 Å². The molecule has 2 nitrogen and oxygen atoms in total. The molecule has 2 aliphatic carbocycles. The van der Waals surface area contributed by atoms with Gasteiger partial charge in [-0.1, -0.05) is 83.1 Å². The first kappa shape index (κ1) is 24.4. The Morgan fingerprint density at radius 1 is 0.606 bits per heavy atom. The lowest BCUT2D eigenvalue weighted by Gasteiger charge is -2.29. The molecule has 0 saturated heterocycles. The van der Waals surface area contributed by atoms with Gasteiger partial charge in [0.15, 0.2) is 5.82 Å². The van der Waals surface area contributed by atoms with Gasteiger partial charge >= 0.3 is 0 Å².